The number of nitrogens with zero attached hydrogens (tertiary/aromatic N) is 1. The van der Waals surface area contributed by atoms with Crippen LogP contribution in [-0.4, -0.2) is 37.1 Å². The van der Waals surface area contributed by atoms with E-state index < -0.39 is 0 Å². The molecule has 0 radical (unpaired) electrons. The molecule has 0 heterocycles. The first-order chi connectivity index (χ1) is 9.53. The highest BCUT2D eigenvalue weighted by atomic mass is 15.1. The summed E-state index contributed by atoms with van der Waals surface area (Å²) in [7, 11) is 0. The second kappa shape index (κ2) is 7.26. The third-order valence-electron chi connectivity index (χ3n) is 5.44. The van der Waals surface area contributed by atoms with Crippen molar-refractivity contribution in [2.45, 2.75) is 72.3 Å². The molecule has 2 saturated carbocycles. The molecule has 0 aromatic carbocycles. The third kappa shape index (κ3) is 5.04. The fourth-order valence-electron chi connectivity index (χ4n) is 3.63. The van der Waals surface area contributed by atoms with E-state index in [0.29, 0.717) is 11.5 Å². The summed E-state index contributed by atoms with van der Waals surface area (Å²) < 4.78 is 0. The molecule has 118 valence electrons. The van der Waals surface area contributed by atoms with Crippen molar-refractivity contribution in [1.82, 2.24) is 10.2 Å². The largest absolute Gasteiger partial charge is 0.314 e. The van der Waals surface area contributed by atoms with Gasteiger partial charge in [-0.3, -0.25) is 0 Å². The highest BCUT2D eigenvalue weighted by Gasteiger charge is 2.36. The molecule has 2 aliphatic carbocycles. The standard InChI is InChI=1S/C18H36N2/c1-5-20(12-17-6-7-17)14-18(13-19-15(2)3)10-8-16(4)9-11-18/h15-17,19H,5-14H2,1-4H3. The Morgan fingerprint density at radius 1 is 1.15 bits per heavy atom. The zero-order valence-electron chi connectivity index (χ0n) is 14.3. The van der Waals surface area contributed by atoms with Crippen LogP contribution in [0.5, 0.6) is 0 Å². The van der Waals surface area contributed by atoms with Crippen LogP contribution < -0.4 is 5.32 Å². The normalized spacial score (nSPS) is 31.2. The molecule has 0 aromatic heterocycles. The summed E-state index contributed by atoms with van der Waals surface area (Å²) in [4.78, 5) is 2.75. The van der Waals surface area contributed by atoms with E-state index in [1.165, 1.54) is 64.7 Å². The van der Waals surface area contributed by atoms with E-state index in [-0.39, 0.29) is 0 Å². The Kier molecular flexibility index (Phi) is 5.92. The lowest BCUT2D eigenvalue weighted by atomic mass is 9.70. The first-order valence-electron chi connectivity index (χ1n) is 8.99. The van der Waals surface area contributed by atoms with Crippen molar-refractivity contribution in [1.29, 1.82) is 0 Å². The minimum absolute atomic E-state index is 0.543. The van der Waals surface area contributed by atoms with Gasteiger partial charge in [-0.1, -0.05) is 40.5 Å². The molecule has 20 heavy (non-hydrogen) atoms. The van der Waals surface area contributed by atoms with E-state index in [0.717, 1.165) is 11.8 Å². The highest BCUT2D eigenvalue weighted by molar-refractivity contribution is 4.90. The van der Waals surface area contributed by atoms with Gasteiger partial charge in [0.1, 0.15) is 0 Å². The van der Waals surface area contributed by atoms with Crippen LogP contribution in [0.4, 0.5) is 0 Å². The molecule has 2 rings (SSSR count). The molecule has 2 aliphatic rings. The Morgan fingerprint density at radius 3 is 2.30 bits per heavy atom. The Hall–Kier alpha value is -0.0800. The zero-order chi connectivity index (χ0) is 14.6. The zero-order valence-corrected chi connectivity index (χ0v) is 14.3. The van der Waals surface area contributed by atoms with Gasteiger partial charge in [0.2, 0.25) is 0 Å². The summed E-state index contributed by atoms with van der Waals surface area (Å²) in [6.07, 6.45) is 8.67. The van der Waals surface area contributed by atoms with Gasteiger partial charge in [0.05, 0.1) is 0 Å². The predicted octanol–water partition coefficient (Wildman–Crippen LogP) is 3.91. The first kappa shape index (κ1) is 16.3. The third-order valence-corrected chi connectivity index (χ3v) is 5.44. The minimum Gasteiger partial charge on any atom is -0.314 e. The molecular formula is C18H36N2. The van der Waals surface area contributed by atoms with E-state index >= 15 is 0 Å². The van der Waals surface area contributed by atoms with Gasteiger partial charge in [0.25, 0.3) is 0 Å². The molecule has 1 N–H and O–H groups in total. The van der Waals surface area contributed by atoms with Crippen molar-refractivity contribution >= 4 is 0 Å². The second-order valence-corrected chi connectivity index (χ2v) is 7.99. The van der Waals surface area contributed by atoms with Crippen LogP contribution >= 0.6 is 0 Å². The summed E-state index contributed by atoms with van der Waals surface area (Å²) in [5.41, 5.74) is 0.543. The topological polar surface area (TPSA) is 15.3 Å². The van der Waals surface area contributed by atoms with Gasteiger partial charge in [0, 0.05) is 25.7 Å². The van der Waals surface area contributed by atoms with E-state index in [4.69, 9.17) is 0 Å². The van der Waals surface area contributed by atoms with Crippen molar-refractivity contribution in [3.8, 4) is 0 Å². The average molecular weight is 281 g/mol. The van der Waals surface area contributed by atoms with Crippen molar-refractivity contribution in [2.75, 3.05) is 26.2 Å². The summed E-state index contributed by atoms with van der Waals surface area (Å²) in [5, 5.41) is 3.74. The molecule has 0 bridgehead atoms. The minimum atomic E-state index is 0.543. The summed E-state index contributed by atoms with van der Waals surface area (Å²) in [6, 6.07) is 0.615. The SMILES string of the molecule is CCN(CC1CC1)CC1(CNC(C)C)CCC(C)CC1. The monoisotopic (exact) mass is 280 g/mol. The predicted molar refractivity (Wildman–Crippen MR) is 88.0 cm³/mol. The van der Waals surface area contributed by atoms with Gasteiger partial charge in [-0.05, 0) is 49.5 Å². The van der Waals surface area contributed by atoms with Gasteiger partial charge < -0.3 is 10.2 Å². The molecule has 0 spiro atoms. The van der Waals surface area contributed by atoms with E-state index in [2.05, 4.69) is 37.9 Å². The Bertz CT molecular complexity index is 275. The smallest absolute Gasteiger partial charge is 0.00501 e. The molecule has 2 fully saturated rings. The Labute approximate surface area is 126 Å². The van der Waals surface area contributed by atoms with E-state index in [1.807, 2.05) is 0 Å². The van der Waals surface area contributed by atoms with Crippen molar-refractivity contribution in [2.24, 2.45) is 17.3 Å². The molecule has 0 aromatic rings. The fraction of sp³-hybridized carbons (Fsp3) is 1.00. The summed E-state index contributed by atoms with van der Waals surface area (Å²) >= 11 is 0. The number of hydrogen-bond acceptors (Lipinski definition) is 2. The van der Waals surface area contributed by atoms with E-state index in [9.17, 15) is 0 Å². The van der Waals surface area contributed by atoms with Crippen LogP contribution in [-0.2, 0) is 0 Å². The molecule has 0 unspecified atom stereocenters. The average Bonchev–Trinajstić information content (AvgIpc) is 3.23. The van der Waals surface area contributed by atoms with Crippen molar-refractivity contribution in [3.05, 3.63) is 0 Å². The second-order valence-electron chi connectivity index (χ2n) is 7.99. The van der Waals surface area contributed by atoms with Crippen LogP contribution in [0, 0.1) is 17.3 Å². The number of hydrogen-bond donors (Lipinski definition) is 1. The molecule has 0 atom stereocenters. The van der Waals surface area contributed by atoms with Gasteiger partial charge in [0.15, 0.2) is 0 Å². The molecule has 0 amide bonds. The summed E-state index contributed by atoms with van der Waals surface area (Å²) in [5.74, 6) is 1.97. The fourth-order valence-corrected chi connectivity index (χ4v) is 3.63. The molecular weight excluding hydrogens is 244 g/mol. The molecule has 2 heteroatoms. The first-order valence-corrected chi connectivity index (χ1v) is 8.99. The lowest BCUT2D eigenvalue weighted by Gasteiger charge is -2.43. The van der Waals surface area contributed by atoms with Crippen LogP contribution in [0.1, 0.15) is 66.2 Å². The Morgan fingerprint density at radius 2 is 1.80 bits per heavy atom. The van der Waals surface area contributed by atoms with Crippen molar-refractivity contribution < 1.29 is 0 Å². The molecule has 0 aliphatic heterocycles. The van der Waals surface area contributed by atoms with Gasteiger partial charge in [-0.2, -0.15) is 0 Å². The molecule has 0 saturated heterocycles. The highest BCUT2D eigenvalue weighted by Crippen LogP contribution is 2.40. The maximum Gasteiger partial charge on any atom is 0.00501 e. The Balaban J connectivity index is 1.92. The number of rotatable bonds is 8. The van der Waals surface area contributed by atoms with Gasteiger partial charge in [-0.25, -0.2) is 0 Å². The lowest BCUT2D eigenvalue weighted by Crippen LogP contribution is -2.47. The van der Waals surface area contributed by atoms with E-state index in [1.54, 1.807) is 0 Å². The van der Waals surface area contributed by atoms with Crippen LogP contribution in [0.15, 0.2) is 0 Å². The van der Waals surface area contributed by atoms with Gasteiger partial charge >= 0.3 is 0 Å². The maximum absolute atomic E-state index is 3.74. The van der Waals surface area contributed by atoms with Crippen LogP contribution in [0.25, 0.3) is 0 Å². The summed E-state index contributed by atoms with van der Waals surface area (Å²) in [6.45, 7) is 14.5. The van der Waals surface area contributed by atoms with Crippen molar-refractivity contribution in [3.63, 3.8) is 0 Å². The van der Waals surface area contributed by atoms with Crippen LogP contribution in [0.3, 0.4) is 0 Å². The lowest BCUT2D eigenvalue weighted by molar-refractivity contribution is 0.0845. The quantitative estimate of drug-likeness (QED) is 0.725. The molecule has 2 nitrogen and oxygen atoms in total. The number of nitrogens with one attached hydrogen (secondary N) is 1. The maximum atomic E-state index is 3.74. The van der Waals surface area contributed by atoms with Crippen LogP contribution in [0.2, 0.25) is 0 Å². The van der Waals surface area contributed by atoms with Gasteiger partial charge in [-0.15, -0.1) is 0 Å².